The van der Waals surface area contributed by atoms with Crippen molar-refractivity contribution in [1.29, 1.82) is 0 Å². The Labute approximate surface area is 73.8 Å². The molecule has 0 aromatic carbocycles. The van der Waals surface area contributed by atoms with E-state index in [1.54, 1.807) is 0 Å². The number of rotatable bonds is 2. The van der Waals surface area contributed by atoms with Crippen molar-refractivity contribution in [3.63, 3.8) is 0 Å². The topological polar surface area (TPSA) is 17.1 Å². The fourth-order valence-corrected chi connectivity index (χ4v) is 2.98. The molecule has 1 nitrogen and oxygen atoms in total. The maximum atomic E-state index is 11.5. The van der Waals surface area contributed by atoms with E-state index in [1.165, 1.54) is 19.3 Å². The molecule has 0 aromatic rings. The molecule has 0 heterocycles. The Hall–Kier alpha value is -0.590. The number of hydrogen-bond acceptors (Lipinski definition) is 1. The van der Waals surface area contributed by atoms with Crippen LogP contribution in [0.15, 0.2) is 12.7 Å². The largest absolute Gasteiger partial charge is 0.299 e. The van der Waals surface area contributed by atoms with Crippen LogP contribution >= 0.6 is 0 Å². The summed E-state index contributed by atoms with van der Waals surface area (Å²) < 4.78 is 0. The zero-order valence-electron chi connectivity index (χ0n) is 7.46. The number of carbonyl (C=O) groups excluding carboxylic acids is 1. The Bertz CT molecular complexity index is 207. The van der Waals surface area contributed by atoms with Crippen molar-refractivity contribution >= 4 is 5.78 Å². The number of Topliss-reactive ketones (excluding diaryl/α,β-unsaturated/α-hetero) is 1. The molecule has 0 bridgehead atoms. The van der Waals surface area contributed by atoms with E-state index in [0.29, 0.717) is 11.7 Å². The minimum atomic E-state index is 0.343. The molecule has 0 amide bonds. The lowest BCUT2D eigenvalue weighted by molar-refractivity contribution is -0.121. The second kappa shape index (κ2) is 3.04. The van der Waals surface area contributed by atoms with Crippen LogP contribution in [0.2, 0.25) is 0 Å². The van der Waals surface area contributed by atoms with Crippen LogP contribution in [-0.4, -0.2) is 5.78 Å². The van der Waals surface area contributed by atoms with Gasteiger partial charge in [-0.25, -0.2) is 0 Å². The monoisotopic (exact) mass is 164 g/mol. The molecule has 0 spiro atoms. The molecule has 2 aliphatic rings. The highest BCUT2D eigenvalue weighted by Gasteiger charge is 2.43. The molecule has 0 N–H and O–H groups in total. The summed E-state index contributed by atoms with van der Waals surface area (Å²) in [6.07, 6.45) is 7.61. The van der Waals surface area contributed by atoms with Gasteiger partial charge in [0, 0.05) is 12.3 Å². The van der Waals surface area contributed by atoms with E-state index in [4.69, 9.17) is 0 Å². The average molecular weight is 164 g/mol. The third-order valence-corrected chi connectivity index (χ3v) is 3.53. The summed E-state index contributed by atoms with van der Waals surface area (Å²) >= 11 is 0. The van der Waals surface area contributed by atoms with E-state index < -0.39 is 0 Å². The van der Waals surface area contributed by atoms with Gasteiger partial charge in [-0.3, -0.25) is 4.79 Å². The van der Waals surface area contributed by atoms with E-state index in [-0.39, 0.29) is 0 Å². The Balaban J connectivity index is 2.10. The Morgan fingerprint density at radius 2 is 2.33 bits per heavy atom. The molecule has 2 saturated carbocycles. The van der Waals surface area contributed by atoms with Gasteiger partial charge in [0.2, 0.25) is 0 Å². The highest BCUT2D eigenvalue weighted by atomic mass is 16.1. The van der Waals surface area contributed by atoms with Crippen molar-refractivity contribution < 1.29 is 4.79 Å². The van der Waals surface area contributed by atoms with Gasteiger partial charge in [0.1, 0.15) is 5.78 Å². The first kappa shape index (κ1) is 8.03. The van der Waals surface area contributed by atoms with Crippen LogP contribution in [0.3, 0.4) is 0 Å². The summed E-state index contributed by atoms with van der Waals surface area (Å²) in [6, 6.07) is 0. The van der Waals surface area contributed by atoms with Crippen molar-refractivity contribution in [2.75, 3.05) is 0 Å². The van der Waals surface area contributed by atoms with E-state index >= 15 is 0 Å². The molecule has 2 aliphatic carbocycles. The number of ketones is 1. The summed E-state index contributed by atoms with van der Waals surface area (Å²) in [5.41, 5.74) is 0. The Morgan fingerprint density at radius 1 is 1.50 bits per heavy atom. The molecule has 3 atom stereocenters. The SMILES string of the molecule is C=CCC1C(=O)CC2CCCC21. The lowest BCUT2D eigenvalue weighted by Gasteiger charge is -2.14. The minimum Gasteiger partial charge on any atom is -0.299 e. The lowest BCUT2D eigenvalue weighted by Crippen LogP contribution is -2.13. The number of hydrogen-bond donors (Lipinski definition) is 0. The summed E-state index contributed by atoms with van der Waals surface area (Å²) in [4.78, 5) is 11.5. The fourth-order valence-electron chi connectivity index (χ4n) is 2.98. The number of allylic oxidation sites excluding steroid dienone is 1. The lowest BCUT2D eigenvalue weighted by atomic mass is 9.89. The van der Waals surface area contributed by atoms with Crippen molar-refractivity contribution in [3.05, 3.63) is 12.7 Å². The van der Waals surface area contributed by atoms with Gasteiger partial charge in [0.15, 0.2) is 0 Å². The molecular weight excluding hydrogens is 148 g/mol. The van der Waals surface area contributed by atoms with Gasteiger partial charge >= 0.3 is 0 Å². The summed E-state index contributed by atoms with van der Waals surface area (Å²) in [5, 5.41) is 0. The van der Waals surface area contributed by atoms with Crippen LogP contribution in [0.25, 0.3) is 0 Å². The Morgan fingerprint density at radius 3 is 3.08 bits per heavy atom. The molecule has 12 heavy (non-hydrogen) atoms. The van der Waals surface area contributed by atoms with E-state index in [9.17, 15) is 4.79 Å². The second-order valence-corrected chi connectivity index (χ2v) is 4.16. The highest BCUT2D eigenvalue weighted by molar-refractivity contribution is 5.84. The first-order chi connectivity index (χ1) is 5.83. The van der Waals surface area contributed by atoms with Gasteiger partial charge < -0.3 is 0 Å². The third kappa shape index (κ3) is 1.12. The van der Waals surface area contributed by atoms with Crippen molar-refractivity contribution in [1.82, 2.24) is 0 Å². The van der Waals surface area contributed by atoms with Gasteiger partial charge in [-0.15, -0.1) is 6.58 Å². The molecule has 3 unspecified atom stereocenters. The second-order valence-electron chi connectivity index (χ2n) is 4.16. The molecule has 66 valence electrons. The number of carbonyl (C=O) groups is 1. The van der Waals surface area contributed by atoms with Crippen molar-refractivity contribution in [3.8, 4) is 0 Å². The van der Waals surface area contributed by atoms with Crippen molar-refractivity contribution in [2.45, 2.75) is 32.1 Å². The summed E-state index contributed by atoms with van der Waals surface area (Å²) in [7, 11) is 0. The minimum absolute atomic E-state index is 0.343. The van der Waals surface area contributed by atoms with Crippen LogP contribution in [0, 0.1) is 17.8 Å². The maximum Gasteiger partial charge on any atom is 0.136 e. The highest BCUT2D eigenvalue weighted by Crippen LogP contribution is 2.46. The van der Waals surface area contributed by atoms with Crippen LogP contribution in [0.1, 0.15) is 32.1 Å². The first-order valence-electron chi connectivity index (χ1n) is 4.96. The summed E-state index contributed by atoms with van der Waals surface area (Å²) in [6.45, 7) is 3.72. The van der Waals surface area contributed by atoms with Crippen LogP contribution in [0.4, 0.5) is 0 Å². The molecule has 1 heteroatoms. The van der Waals surface area contributed by atoms with Gasteiger partial charge in [0.05, 0.1) is 0 Å². The van der Waals surface area contributed by atoms with Crippen LogP contribution in [-0.2, 0) is 4.79 Å². The molecule has 2 fully saturated rings. The van der Waals surface area contributed by atoms with E-state index in [2.05, 4.69) is 6.58 Å². The van der Waals surface area contributed by atoms with Gasteiger partial charge in [0.25, 0.3) is 0 Å². The predicted octanol–water partition coefficient (Wildman–Crippen LogP) is 2.57. The Kier molecular flexibility index (Phi) is 2.03. The van der Waals surface area contributed by atoms with E-state index in [1.807, 2.05) is 6.08 Å². The fraction of sp³-hybridized carbons (Fsp3) is 0.727. The van der Waals surface area contributed by atoms with Crippen LogP contribution in [0.5, 0.6) is 0 Å². The van der Waals surface area contributed by atoms with E-state index in [0.717, 1.165) is 24.7 Å². The third-order valence-electron chi connectivity index (χ3n) is 3.53. The molecular formula is C11H16O. The van der Waals surface area contributed by atoms with Crippen LogP contribution < -0.4 is 0 Å². The van der Waals surface area contributed by atoms with Gasteiger partial charge in [-0.05, 0) is 31.1 Å². The van der Waals surface area contributed by atoms with Gasteiger partial charge in [-0.1, -0.05) is 12.5 Å². The first-order valence-corrected chi connectivity index (χ1v) is 4.96. The molecule has 0 saturated heterocycles. The van der Waals surface area contributed by atoms with Gasteiger partial charge in [-0.2, -0.15) is 0 Å². The smallest absolute Gasteiger partial charge is 0.136 e. The number of fused-ring (bicyclic) bond motifs is 1. The zero-order chi connectivity index (χ0) is 8.55. The zero-order valence-corrected chi connectivity index (χ0v) is 7.46. The normalized spacial score (nSPS) is 40.0. The predicted molar refractivity (Wildman–Crippen MR) is 48.8 cm³/mol. The molecule has 0 aliphatic heterocycles. The summed E-state index contributed by atoms with van der Waals surface area (Å²) in [5.74, 6) is 2.30. The van der Waals surface area contributed by atoms with Crippen molar-refractivity contribution in [2.24, 2.45) is 17.8 Å². The maximum absolute atomic E-state index is 11.5. The molecule has 0 aromatic heterocycles. The quantitative estimate of drug-likeness (QED) is 0.573. The molecule has 0 radical (unpaired) electrons. The standard InChI is InChI=1S/C11H16O/c1-2-4-10-9-6-3-5-8(9)7-11(10)12/h2,8-10H,1,3-7H2. The molecule has 2 rings (SSSR count). The average Bonchev–Trinajstić information content (AvgIpc) is 2.56.